The van der Waals surface area contributed by atoms with Crippen LogP contribution >= 0.6 is 0 Å². The van der Waals surface area contributed by atoms with Crippen molar-refractivity contribution in [2.24, 2.45) is 0 Å². The van der Waals surface area contributed by atoms with Crippen molar-refractivity contribution in [2.45, 2.75) is 0 Å². The van der Waals surface area contributed by atoms with Gasteiger partial charge in [-0.15, -0.1) is 0 Å². The molecule has 3 radical (unpaired) electrons. The molecule has 0 amide bonds. The third-order valence-electron chi connectivity index (χ3n) is 0. The summed E-state index contributed by atoms with van der Waals surface area (Å²) in [6, 6.07) is 0. The van der Waals surface area contributed by atoms with E-state index in [1.807, 2.05) is 0 Å². The Balaban J connectivity index is 0. The smallest absolute Gasteiger partial charge is 0 e. The van der Waals surface area contributed by atoms with Gasteiger partial charge in [0.1, 0.15) is 0 Å². The predicted molar refractivity (Wildman–Crippen MR) is 1.11 cm³/mol. The predicted octanol–water partition coefficient (Wildman–Crippen LogP) is 0.410. The van der Waals surface area contributed by atoms with Gasteiger partial charge in [-0.25, -0.2) is 0 Å². The van der Waals surface area contributed by atoms with E-state index in [2.05, 4.69) is 0 Å². The molecular formula is CuFFeMnZn. The Hall–Kier alpha value is 2.11. The average molecular weight is 259 g/mol. The minimum Gasteiger partial charge on any atom is 0 e. The van der Waals surface area contributed by atoms with Crippen molar-refractivity contribution in [3.63, 3.8) is 0 Å². The molecular weight excluding hydrogens is 259 g/mol. The molecule has 0 unspecified atom stereocenters. The monoisotopic (exact) mass is 257 g/mol. The summed E-state index contributed by atoms with van der Waals surface area (Å²) >= 11 is 0. The molecule has 0 bridgehead atoms. The van der Waals surface area contributed by atoms with Gasteiger partial charge in [0.15, 0.2) is 0 Å². The fraction of sp³-hybridized carbons (Fsp3) is 0. The summed E-state index contributed by atoms with van der Waals surface area (Å²) < 4.78 is 0. The normalized spacial score (nSPS) is 0. The maximum absolute atomic E-state index is 0. The van der Waals surface area contributed by atoms with Crippen LogP contribution in [0.15, 0.2) is 0 Å². The van der Waals surface area contributed by atoms with Crippen molar-refractivity contribution >= 4 is 0 Å². The summed E-state index contributed by atoms with van der Waals surface area (Å²) in [4.78, 5) is 0. The molecule has 0 aliphatic heterocycles. The first-order chi connectivity index (χ1) is 0. The summed E-state index contributed by atoms with van der Waals surface area (Å²) in [7, 11) is 0. The van der Waals surface area contributed by atoms with Gasteiger partial charge >= 0.3 is 0 Å². The molecule has 35 valence electrons. The van der Waals surface area contributed by atoms with Gasteiger partial charge in [0.05, 0.1) is 0 Å². The summed E-state index contributed by atoms with van der Waals surface area (Å²) in [6.45, 7) is 0. The second-order valence-electron chi connectivity index (χ2n) is 0. The summed E-state index contributed by atoms with van der Waals surface area (Å²) in [5, 5.41) is 0. The second kappa shape index (κ2) is 35.8. The SMILES string of the molecule is [Cu].[F].[Fe].[Mn].[Zn]. The van der Waals surface area contributed by atoms with Gasteiger partial charge < -0.3 is 0 Å². The van der Waals surface area contributed by atoms with Crippen LogP contribution in [0.1, 0.15) is 0 Å². The van der Waals surface area contributed by atoms with E-state index in [0.29, 0.717) is 0 Å². The van der Waals surface area contributed by atoms with Crippen LogP contribution in [0, 0.1) is 0 Å². The van der Waals surface area contributed by atoms with Gasteiger partial charge in [0, 0.05) is 75.4 Å². The van der Waals surface area contributed by atoms with Crippen molar-refractivity contribution < 1.29 is 75.4 Å². The van der Waals surface area contributed by atoms with E-state index < -0.39 is 0 Å². The Morgan fingerprint density at radius 2 is 1.00 bits per heavy atom. The van der Waals surface area contributed by atoms with Crippen LogP contribution in [0.25, 0.3) is 0 Å². The van der Waals surface area contributed by atoms with Crippen molar-refractivity contribution in [3.05, 3.63) is 0 Å². The molecule has 0 rings (SSSR count). The number of hydrogen-bond acceptors (Lipinski definition) is 0. The van der Waals surface area contributed by atoms with Crippen LogP contribution < -0.4 is 0 Å². The van der Waals surface area contributed by atoms with E-state index in [1.165, 1.54) is 0 Å². The molecule has 0 aromatic heterocycles. The second-order valence-corrected chi connectivity index (χ2v) is 0. The zero-order chi connectivity index (χ0) is 0. The first-order valence-electron chi connectivity index (χ1n) is 0. The van der Waals surface area contributed by atoms with E-state index in [1.54, 1.807) is 0 Å². The van der Waals surface area contributed by atoms with Crippen molar-refractivity contribution in [1.29, 1.82) is 0 Å². The molecule has 0 saturated carbocycles. The van der Waals surface area contributed by atoms with Gasteiger partial charge in [-0.2, -0.15) is 0 Å². The van der Waals surface area contributed by atoms with Crippen molar-refractivity contribution in [3.8, 4) is 0 Å². The number of halogens is 1. The van der Waals surface area contributed by atoms with Gasteiger partial charge in [0.2, 0.25) is 0 Å². The summed E-state index contributed by atoms with van der Waals surface area (Å²) in [6.07, 6.45) is 0. The Labute approximate surface area is 74.8 Å². The van der Waals surface area contributed by atoms with Crippen LogP contribution in [0.5, 0.6) is 0 Å². The molecule has 5 heteroatoms. The average Bonchev–Trinajstić information content (AvgIpc) is 0. The number of rotatable bonds is 0. The van der Waals surface area contributed by atoms with E-state index in [-0.39, 0.29) is 75.4 Å². The van der Waals surface area contributed by atoms with Crippen LogP contribution in [-0.2, 0) is 70.7 Å². The zero-order valence-corrected chi connectivity index (χ0v) is 8.31. The van der Waals surface area contributed by atoms with Gasteiger partial charge in [0.25, 0.3) is 0 Å². The van der Waals surface area contributed by atoms with Crippen LogP contribution in [-0.4, -0.2) is 0 Å². The number of hydrogen-bond donors (Lipinski definition) is 0. The van der Waals surface area contributed by atoms with Gasteiger partial charge in [-0.05, 0) is 0 Å². The maximum Gasteiger partial charge on any atom is 0 e. The molecule has 0 fully saturated rings. The summed E-state index contributed by atoms with van der Waals surface area (Å²) in [5.74, 6) is 0. The Bertz CT molecular complexity index is 11.6. The van der Waals surface area contributed by atoms with E-state index in [4.69, 9.17) is 0 Å². The third-order valence-corrected chi connectivity index (χ3v) is 0. The fourth-order valence-electron chi connectivity index (χ4n) is 0. The summed E-state index contributed by atoms with van der Waals surface area (Å²) in [5.41, 5.74) is 0. The van der Waals surface area contributed by atoms with E-state index in [0.717, 1.165) is 0 Å². The van der Waals surface area contributed by atoms with Crippen LogP contribution in [0.2, 0.25) is 0 Å². The topological polar surface area (TPSA) is 0 Å². The minimum atomic E-state index is 0. The van der Waals surface area contributed by atoms with Gasteiger partial charge in [-0.1, -0.05) is 0 Å². The quantitative estimate of drug-likeness (QED) is 0.552. The maximum atomic E-state index is 0. The standard InChI is InChI=1S/Cu.F.Fe.Mn.Zn. The third kappa shape index (κ3) is 23.2. The van der Waals surface area contributed by atoms with Crippen molar-refractivity contribution in [2.75, 3.05) is 0 Å². The molecule has 0 spiro atoms. The van der Waals surface area contributed by atoms with Crippen LogP contribution in [0.4, 0.5) is 4.70 Å². The first kappa shape index (κ1) is 59.6. The molecule has 0 N–H and O–H groups in total. The zero-order valence-electron chi connectivity index (χ0n) is 2.12. The molecule has 0 saturated heterocycles. The fourth-order valence-corrected chi connectivity index (χ4v) is 0. The van der Waals surface area contributed by atoms with Gasteiger partial charge in [-0.3, -0.25) is 0 Å². The Morgan fingerprint density at radius 1 is 1.00 bits per heavy atom. The molecule has 0 nitrogen and oxygen atoms in total. The molecule has 0 atom stereocenters. The van der Waals surface area contributed by atoms with E-state index in [9.17, 15) is 0 Å². The minimum absolute atomic E-state index is 0. The molecule has 0 aliphatic carbocycles. The molecule has 0 aromatic carbocycles. The molecule has 5 heavy (non-hydrogen) atoms. The largest absolute Gasteiger partial charge is 0 e. The van der Waals surface area contributed by atoms with Crippen LogP contribution in [0.3, 0.4) is 0 Å². The molecule has 0 aliphatic rings. The Kier molecular flexibility index (Phi) is 427. The van der Waals surface area contributed by atoms with E-state index >= 15 is 0 Å². The first-order valence-corrected chi connectivity index (χ1v) is 0. The molecule has 0 aromatic rings. The molecule has 0 heterocycles. The van der Waals surface area contributed by atoms with Crippen molar-refractivity contribution in [1.82, 2.24) is 0 Å². The Morgan fingerprint density at radius 3 is 1.00 bits per heavy atom.